The van der Waals surface area contributed by atoms with Gasteiger partial charge in [0, 0.05) is 0 Å². The summed E-state index contributed by atoms with van der Waals surface area (Å²) in [7, 11) is 1.52. The molecule has 1 atom stereocenters. The van der Waals surface area contributed by atoms with Crippen LogP contribution < -0.4 is 9.64 Å². The second-order valence-electron chi connectivity index (χ2n) is 4.93. The number of carboxylic acid groups (broad SMARTS) is 1. The first-order valence-electron chi connectivity index (χ1n) is 6.75. The van der Waals surface area contributed by atoms with Gasteiger partial charge in [-0.05, 0) is 30.3 Å². The number of aliphatic imine (C=N–C) groups is 1. The fourth-order valence-electron chi connectivity index (χ4n) is 2.40. The Balaban J connectivity index is 1.97. The Morgan fingerprint density at radius 3 is 2.57 bits per heavy atom. The number of hydrogen-bond acceptors (Lipinski definition) is 4. The number of carbonyl (C=O) groups is 3. The minimum Gasteiger partial charge on any atom is -0.497 e. The second-order valence-corrected chi connectivity index (χ2v) is 4.93. The number of ether oxygens (including phenoxy) is 1. The van der Waals surface area contributed by atoms with Crippen molar-refractivity contribution in [1.82, 2.24) is 0 Å². The number of fused-ring (bicyclic) bond motifs is 1. The molecule has 1 heterocycles. The van der Waals surface area contributed by atoms with Crippen LogP contribution in [0.25, 0.3) is 0 Å². The zero-order valence-electron chi connectivity index (χ0n) is 12.1. The van der Waals surface area contributed by atoms with Crippen molar-refractivity contribution < 1.29 is 24.2 Å². The van der Waals surface area contributed by atoms with Gasteiger partial charge in [0.2, 0.25) is 5.91 Å². The number of amides is 3. The van der Waals surface area contributed by atoms with Crippen LogP contribution in [0.2, 0.25) is 0 Å². The number of allylic oxidation sites excluding steroid dienone is 1. The maximum absolute atomic E-state index is 12.6. The summed E-state index contributed by atoms with van der Waals surface area (Å²) in [6, 6.07) is 5.69. The Morgan fingerprint density at radius 2 is 1.96 bits per heavy atom. The molecule has 1 N–H and O–H groups in total. The van der Waals surface area contributed by atoms with Crippen LogP contribution in [0.5, 0.6) is 5.75 Å². The number of rotatable bonds is 3. The highest BCUT2D eigenvalue weighted by molar-refractivity contribution is 6.31. The molecule has 0 saturated carbocycles. The fraction of sp³-hybridized carbons (Fsp3) is 0.125. The minimum atomic E-state index is -1.14. The summed E-state index contributed by atoms with van der Waals surface area (Å²) in [5, 5.41) is 8.97. The molecule has 3 amide bonds. The molecule has 1 aliphatic heterocycles. The van der Waals surface area contributed by atoms with E-state index in [0.717, 1.165) is 4.90 Å². The van der Waals surface area contributed by atoms with Gasteiger partial charge in [0.1, 0.15) is 5.75 Å². The Hall–Kier alpha value is -3.22. The lowest BCUT2D eigenvalue weighted by Gasteiger charge is -2.28. The van der Waals surface area contributed by atoms with Gasteiger partial charge >= 0.3 is 12.0 Å². The Bertz CT molecular complexity index is 789. The number of hydrogen-bond donors (Lipinski definition) is 1. The number of urea groups is 1. The summed E-state index contributed by atoms with van der Waals surface area (Å²) in [5.41, 5.74) is 0.508. The van der Waals surface area contributed by atoms with Crippen molar-refractivity contribution in [1.29, 1.82) is 0 Å². The largest absolute Gasteiger partial charge is 0.497 e. The van der Waals surface area contributed by atoms with E-state index in [1.807, 2.05) is 0 Å². The van der Waals surface area contributed by atoms with Gasteiger partial charge in [-0.2, -0.15) is 4.99 Å². The van der Waals surface area contributed by atoms with Crippen LogP contribution in [0.4, 0.5) is 10.5 Å². The van der Waals surface area contributed by atoms with Crippen molar-refractivity contribution in [2.45, 2.75) is 0 Å². The molecule has 0 spiro atoms. The van der Waals surface area contributed by atoms with Crippen LogP contribution in [0.1, 0.15) is 0 Å². The molecule has 0 fully saturated rings. The van der Waals surface area contributed by atoms with Gasteiger partial charge in [0.05, 0.1) is 30.0 Å². The first-order chi connectivity index (χ1) is 11.0. The molecule has 0 bridgehead atoms. The monoisotopic (exact) mass is 312 g/mol. The van der Waals surface area contributed by atoms with E-state index < -0.39 is 23.8 Å². The molecule has 1 aromatic carbocycles. The molecule has 0 aromatic heterocycles. The van der Waals surface area contributed by atoms with Crippen molar-refractivity contribution in [2.75, 3.05) is 12.0 Å². The molecule has 3 rings (SSSR count). The number of nitrogens with zero attached hydrogens (tertiary/aromatic N) is 2. The molecule has 1 aromatic rings. The van der Waals surface area contributed by atoms with Gasteiger partial charge in [0.25, 0.3) is 0 Å². The summed E-state index contributed by atoms with van der Waals surface area (Å²) in [4.78, 5) is 40.5. The first-order valence-corrected chi connectivity index (χ1v) is 6.75. The summed E-state index contributed by atoms with van der Waals surface area (Å²) >= 11 is 0. The van der Waals surface area contributed by atoms with E-state index in [2.05, 4.69) is 4.99 Å². The molecule has 23 heavy (non-hydrogen) atoms. The maximum atomic E-state index is 12.6. The average molecular weight is 312 g/mol. The predicted molar refractivity (Wildman–Crippen MR) is 81.7 cm³/mol. The van der Waals surface area contributed by atoms with Crippen molar-refractivity contribution in [3.63, 3.8) is 0 Å². The van der Waals surface area contributed by atoms with Gasteiger partial charge in [-0.15, -0.1) is 0 Å². The average Bonchev–Trinajstić information content (AvgIpc) is 2.55. The molecule has 0 saturated heterocycles. The van der Waals surface area contributed by atoms with E-state index >= 15 is 0 Å². The highest BCUT2D eigenvalue weighted by atomic mass is 16.5. The fourth-order valence-corrected chi connectivity index (χ4v) is 2.40. The van der Waals surface area contributed by atoms with E-state index in [0.29, 0.717) is 11.4 Å². The predicted octanol–water partition coefficient (Wildman–Crippen LogP) is 1.80. The quantitative estimate of drug-likeness (QED) is 0.918. The van der Waals surface area contributed by atoms with Crippen molar-refractivity contribution in [3.05, 3.63) is 48.1 Å². The SMILES string of the molecule is COc1ccc(N2C(=O)N=C3C=C(C(=O)O)C=CC3C2=O)cc1. The number of aliphatic carboxylic acids is 1. The van der Waals surface area contributed by atoms with Gasteiger partial charge < -0.3 is 9.84 Å². The molecule has 1 unspecified atom stereocenters. The zero-order chi connectivity index (χ0) is 16.6. The molecule has 1 aliphatic carbocycles. The van der Waals surface area contributed by atoms with E-state index in [4.69, 9.17) is 9.84 Å². The summed E-state index contributed by atoms with van der Waals surface area (Å²) in [6.07, 6.45) is 4.02. The van der Waals surface area contributed by atoms with Crippen LogP contribution in [0.15, 0.2) is 53.1 Å². The summed E-state index contributed by atoms with van der Waals surface area (Å²) < 4.78 is 5.04. The number of methoxy groups -OCH3 is 1. The topological polar surface area (TPSA) is 96.3 Å². The van der Waals surface area contributed by atoms with Crippen molar-refractivity contribution in [3.8, 4) is 5.75 Å². The third kappa shape index (κ3) is 2.52. The second kappa shape index (κ2) is 5.53. The molecular weight excluding hydrogens is 300 g/mol. The lowest BCUT2D eigenvalue weighted by atomic mass is 9.92. The Labute approximate surface area is 131 Å². The number of anilines is 1. The van der Waals surface area contributed by atoms with E-state index in [1.54, 1.807) is 24.3 Å². The maximum Gasteiger partial charge on any atom is 0.355 e. The van der Waals surface area contributed by atoms with E-state index in [-0.39, 0.29) is 11.3 Å². The molecule has 7 heteroatoms. The van der Waals surface area contributed by atoms with Gasteiger partial charge in [0.15, 0.2) is 0 Å². The number of benzene rings is 1. The zero-order valence-corrected chi connectivity index (χ0v) is 12.1. The molecule has 0 radical (unpaired) electrons. The number of carboxylic acids is 1. The molecule has 2 aliphatic rings. The normalized spacial score (nSPS) is 19.9. The number of imide groups is 1. The van der Waals surface area contributed by atoms with Gasteiger partial charge in [-0.25, -0.2) is 14.5 Å². The van der Waals surface area contributed by atoms with Crippen LogP contribution >= 0.6 is 0 Å². The standard InChI is InChI=1S/C16H12N2O5/c1-23-11-5-3-10(4-6-11)18-14(19)12-7-2-9(15(20)21)8-13(12)17-16(18)22/h2-8,12H,1H3,(H,20,21). The third-order valence-electron chi connectivity index (χ3n) is 3.57. The van der Waals surface area contributed by atoms with Crippen LogP contribution in [-0.4, -0.2) is 35.8 Å². The van der Waals surface area contributed by atoms with Crippen LogP contribution in [-0.2, 0) is 9.59 Å². The Kier molecular flexibility index (Phi) is 3.53. The highest BCUT2D eigenvalue weighted by Crippen LogP contribution is 2.27. The molecule has 116 valence electrons. The lowest BCUT2D eigenvalue weighted by molar-refractivity contribution is -0.132. The number of carbonyl (C=O) groups excluding carboxylic acids is 2. The summed E-state index contributed by atoms with van der Waals surface area (Å²) in [5.74, 6) is -1.78. The molecule has 7 nitrogen and oxygen atoms in total. The Morgan fingerprint density at radius 1 is 1.26 bits per heavy atom. The van der Waals surface area contributed by atoms with Crippen LogP contribution in [0.3, 0.4) is 0 Å². The van der Waals surface area contributed by atoms with E-state index in [1.165, 1.54) is 25.3 Å². The summed E-state index contributed by atoms with van der Waals surface area (Å²) in [6.45, 7) is 0. The van der Waals surface area contributed by atoms with Gasteiger partial charge in [-0.3, -0.25) is 4.79 Å². The first kappa shape index (κ1) is 14.7. The lowest BCUT2D eigenvalue weighted by Crippen LogP contribution is -2.46. The van der Waals surface area contributed by atoms with Gasteiger partial charge in [-0.1, -0.05) is 12.2 Å². The van der Waals surface area contributed by atoms with Crippen LogP contribution in [0, 0.1) is 5.92 Å². The van der Waals surface area contributed by atoms with Crippen molar-refractivity contribution in [2.24, 2.45) is 10.9 Å². The van der Waals surface area contributed by atoms with Crippen molar-refractivity contribution >= 4 is 29.3 Å². The molecular formula is C16H12N2O5. The smallest absolute Gasteiger partial charge is 0.355 e. The minimum absolute atomic E-state index is 0.0153. The third-order valence-corrected chi connectivity index (χ3v) is 3.57. The van der Waals surface area contributed by atoms with E-state index in [9.17, 15) is 14.4 Å². The highest BCUT2D eigenvalue weighted by Gasteiger charge is 2.37.